The number of methoxy groups -OCH3 is 2. The highest BCUT2D eigenvalue weighted by molar-refractivity contribution is 7.92. The summed E-state index contributed by atoms with van der Waals surface area (Å²) < 4.78 is 40.8. The minimum atomic E-state index is -3.74. The monoisotopic (exact) mass is 733 g/mol. The smallest absolute Gasteiger partial charge is 0.286 e. The normalized spacial score (nSPS) is 30.5. The number of carbonyl (C=O) groups excluding carboxylic acids is 2. The lowest BCUT2D eigenvalue weighted by atomic mass is 9.68. The topological polar surface area (TPSA) is 145 Å². The molecule has 52 heavy (non-hydrogen) atoms. The molecule has 7 atom stereocenters. The summed E-state index contributed by atoms with van der Waals surface area (Å²) in [5.41, 5.74) is 4.83. The van der Waals surface area contributed by atoms with Crippen molar-refractivity contribution in [1.82, 2.24) is 14.5 Å². The molecule has 1 unspecified atom stereocenters. The van der Waals surface area contributed by atoms with Crippen LogP contribution in [-0.4, -0.2) is 82.8 Å². The number of carbonyl (C=O) groups is 2. The molecule has 2 amide bonds. The SMILES string of the molecule is COc1nn(C)cc1C(=O)NS1(=O)=NC(=O)c2ccc3c(c2)N(C[C@@H]2CC[C@H]2[C@@H](OC)CC[C@H](O)[C@H](C)C1)C[C@@]1(CCCc2cc(C)ccc21)CO3. The summed E-state index contributed by atoms with van der Waals surface area (Å²) in [6.07, 6.45) is 6.78. The Balaban J connectivity index is 1.31. The van der Waals surface area contributed by atoms with Crippen molar-refractivity contribution in [3.8, 4) is 11.6 Å². The fraction of sp³-hybridized carbons (Fsp3) is 0.564. The number of hydrogen-bond acceptors (Lipinski definition) is 9. The van der Waals surface area contributed by atoms with Crippen LogP contribution < -0.4 is 19.1 Å². The standard InChI is InChI=1S/C39H51N5O7S/c1-24-8-12-31-26(17-24)7-6-16-39(31)22-44-19-28-9-11-29(28)34(49-4)15-13-33(45)25(2)21-52(48,42-37(47)30-20-43(3)40-38(30)50-5)41-36(46)27-10-14-35(51-23-39)32(44)18-27/h8,10,12,14,17-18,20,25,28-29,33-34,45H,6-7,9,11,13,15-16,19,21-23H2,1-5H3,(H,41,42,46,47,48)/t25-,28+,29-,33+,34+,39+,52?/m1/s1. The number of hydrogen-bond donors (Lipinski definition) is 2. The molecule has 1 spiro atoms. The molecule has 1 saturated carbocycles. The van der Waals surface area contributed by atoms with Gasteiger partial charge in [0.05, 0.1) is 37.4 Å². The van der Waals surface area contributed by atoms with Gasteiger partial charge in [-0.1, -0.05) is 30.7 Å². The molecule has 1 aromatic heterocycles. The molecule has 1 fully saturated rings. The van der Waals surface area contributed by atoms with Gasteiger partial charge < -0.3 is 24.2 Å². The summed E-state index contributed by atoms with van der Waals surface area (Å²) in [5, 5.41) is 15.5. The molecule has 0 saturated heterocycles. The molecule has 3 aromatic rings. The number of nitrogens with one attached hydrogen (secondary N) is 1. The predicted octanol–water partition coefficient (Wildman–Crippen LogP) is 5.00. The van der Waals surface area contributed by atoms with Crippen molar-refractivity contribution in [3.05, 3.63) is 70.4 Å². The lowest BCUT2D eigenvalue weighted by Gasteiger charge is -2.46. The van der Waals surface area contributed by atoms with Crippen LogP contribution in [0.4, 0.5) is 5.69 Å². The summed E-state index contributed by atoms with van der Waals surface area (Å²) >= 11 is 0. The number of anilines is 1. The molecule has 2 aliphatic carbocycles. The molecule has 13 heteroatoms. The maximum atomic E-state index is 14.6. The first-order chi connectivity index (χ1) is 24.9. The average Bonchev–Trinajstić information content (AvgIpc) is 3.42. The van der Waals surface area contributed by atoms with E-state index in [2.05, 4.69) is 44.2 Å². The number of fused-ring (bicyclic) bond motifs is 4. The second-order valence-electron chi connectivity index (χ2n) is 15.4. The lowest BCUT2D eigenvalue weighted by Crippen LogP contribution is -2.50. The maximum Gasteiger partial charge on any atom is 0.286 e. The van der Waals surface area contributed by atoms with E-state index in [4.69, 9.17) is 14.2 Å². The highest BCUT2D eigenvalue weighted by atomic mass is 32.2. The van der Waals surface area contributed by atoms with E-state index in [-0.39, 0.29) is 34.3 Å². The van der Waals surface area contributed by atoms with E-state index in [9.17, 15) is 18.9 Å². The lowest BCUT2D eigenvalue weighted by molar-refractivity contribution is -0.0300. The number of amides is 2. The van der Waals surface area contributed by atoms with E-state index >= 15 is 0 Å². The molecule has 0 radical (unpaired) electrons. The third-order valence-electron chi connectivity index (χ3n) is 11.8. The van der Waals surface area contributed by atoms with Crippen molar-refractivity contribution >= 4 is 27.4 Å². The quantitative estimate of drug-likeness (QED) is 0.379. The Morgan fingerprint density at radius 2 is 1.96 bits per heavy atom. The molecule has 12 nitrogen and oxygen atoms in total. The van der Waals surface area contributed by atoms with Crippen LogP contribution in [0.2, 0.25) is 0 Å². The summed E-state index contributed by atoms with van der Waals surface area (Å²) in [4.78, 5) is 30.0. The number of aliphatic hydroxyl groups excluding tert-OH is 1. The Morgan fingerprint density at radius 3 is 2.71 bits per heavy atom. The minimum absolute atomic E-state index is 0.0508. The summed E-state index contributed by atoms with van der Waals surface area (Å²) in [7, 11) is 1.02. The van der Waals surface area contributed by atoms with Gasteiger partial charge in [0, 0.05) is 44.4 Å². The van der Waals surface area contributed by atoms with Crippen molar-refractivity contribution < 1.29 is 33.1 Å². The second-order valence-corrected chi connectivity index (χ2v) is 17.4. The van der Waals surface area contributed by atoms with Crippen LogP contribution in [0, 0.1) is 24.7 Å². The second kappa shape index (κ2) is 14.5. The highest BCUT2D eigenvalue weighted by Gasteiger charge is 2.45. The number of aromatic nitrogens is 2. The zero-order chi connectivity index (χ0) is 36.8. The van der Waals surface area contributed by atoms with E-state index in [1.165, 1.54) is 34.7 Å². The van der Waals surface area contributed by atoms with Gasteiger partial charge in [0.25, 0.3) is 11.8 Å². The van der Waals surface area contributed by atoms with E-state index in [1.807, 2.05) is 6.07 Å². The van der Waals surface area contributed by atoms with E-state index in [0.717, 1.165) is 50.9 Å². The number of benzene rings is 2. The van der Waals surface area contributed by atoms with Crippen molar-refractivity contribution in [1.29, 1.82) is 0 Å². The molecule has 7 rings (SSSR count). The number of ether oxygens (including phenoxy) is 3. The molecule has 3 heterocycles. The summed E-state index contributed by atoms with van der Waals surface area (Å²) in [6.45, 7) is 5.90. The van der Waals surface area contributed by atoms with Gasteiger partial charge in [-0.05, 0) is 98.9 Å². The first-order valence-corrected chi connectivity index (χ1v) is 20.1. The number of aryl methyl sites for hydroxylation is 3. The van der Waals surface area contributed by atoms with Crippen LogP contribution in [0.1, 0.15) is 82.9 Å². The predicted molar refractivity (Wildman–Crippen MR) is 198 cm³/mol. The molecule has 2 aromatic carbocycles. The molecule has 2 bridgehead atoms. The number of nitrogens with zero attached hydrogens (tertiary/aromatic N) is 4. The average molecular weight is 734 g/mol. The Labute approximate surface area is 306 Å². The minimum Gasteiger partial charge on any atom is -0.490 e. The fourth-order valence-electron chi connectivity index (χ4n) is 8.86. The van der Waals surface area contributed by atoms with Crippen molar-refractivity contribution in [3.63, 3.8) is 0 Å². The van der Waals surface area contributed by atoms with Crippen LogP contribution >= 0.6 is 0 Å². The number of rotatable bonds is 4. The van der Waals surface area contributed by atoms with Crippen molar-refractivity contribution in [2.75, 3.05) is 44.6 Å². The van der Waals surface area contributed by atoms with Crippen LogP contribution in [-0.2, 0) is 33.5 Å². The molecular formula is C39H51N5O7S. The van der Waals surface area contributed by atoms with E-state index in [1.54, 1.807) is 33.2 Å². The number of aliphatic hydroxyl groups is 1. The van der Waals surface area contributed by atoms with Crippen LogP contribution in [0.25, 0.3) is 0 Å². The third kappa shape index (κ3) is 7.06. The van der Waals surface area contributed by atoms with Gasteiger partial charge in [0.1, 0.15) is 21.2 Å². The molecule has 280 valence electrons. The maximum absolute atomic E-state index is 14.6. The van der Waals surface area contributed by atoms with Gasteiger partial charge in [0.15, 0.2) is 0 Å². The summed E-state index contributed by atoms with van der Waals surface area (Å²) in [6, 6.07) is 12.0. The first-order valence-electron chi connectivity index (χ1n) is 18.4. The van der Waals surface area contributed by atoms with Crippen LogP contribution in [0.5, 0.6) is 11.6 Å². The first kappa shape index (κ1) is 36.4. The van der Waals surface area contributed by atoms with Gasteiger partial charge in [-0.2, -0.15) is 0 Å². The molecular weight excluding hydrogens is 683 g/mol. The summed E-state index contributed by atoms with van der Waals surface area (Å²) in [5.74, 6) is -0.845. The van der Waals surface area contributed by atoms with Gasteiger partial charge in [-0.3, -0.25) is 19.0 Å². The van der Waals surface area contributed by atoms with Crippen LogP contribution in [0.3, 0.4) is 0 Å². The van der Waals surface area contributed by atoms with Gasteiger partial charge in [-0.15, -0.1) is 9.46 Å². The largest absolute Gasteiger partial charge is 0.490 e. The molecule has 2 N–H and O–H groups in total. The fourth-order valence-corrected chi connectivity index (χ4v) is 10.8. The molecule has 4 aliphatic rings. The Bertz CT molecular complexity index is 1970. The van der Waals surface area contributed by atoms with Crippen molar-refractivity contribution in [2.24, 2.45) is 29.2 Å². The highest BCUT2D eigenvalue weighted by Crippen LogP contribution is 2.47. The zero-order valence-electron chi connectivity index (χ0n) is 30.8. The Morgan fingerprint density at radius 1 is 1.13 bits per heavy atom. The van der Waals surface area contributed by atoms with Crippen LogP contribution in [0.15, 0.2) is 47.0 Å². The Kier molecular flexibility index (Phi) is 10.1. The van der Waals surface area contributed by atoms with E-state index < -0.39 is 33.8 Å². The van der Waals surface area contributed by atoms with Crippen molar-refractivity contribution in [2.45, 2.75) is 76.4 Å². The zero-order valence-corrected chi connectivity index (χ0v) is 31.6. The Hall–Kier alpha value is -3.94. The third-order valence-corrected chi connectivity index (χ3v) is 13.7. The van der Waals surface area contributed by atoms with Gasteiger partial charge in [-0.25, -0.2) is 4.21 Å². The van der Waals surface area contributed by atoms with Gasteiger partial charge >= 0.3 is 0 Å². The van der Waals surface area contributed by atoms with E-state index in [0.29, 0.717) is 37.0 Å². The van der Waals surface area contributed by atoms with Gasteiger partial charge in [0.2, 0.25) is 5.88 Å². The molecule has 2 aliphatic heterocycles.